The second kappa shape index (κ2) is 6.14. The molecule has 0 aliphatic carbocycles. The molecule has 98 valence electrons. The molecule has 1 aromatic rings. The van der Waals surface area contributed by atoms with Gasteiger partial charge in [0.15, 0.2) is 0 Å². The Labute approximate surface area is 106 Å². The van der Waals surface area contributed by atoms with Crippen molar-refractivity contribution in [2.45, 2.75) is 20.3 Å². The number of hydrogen-bond acceptors (Lipinski definition) is 3. The van der Waals surface area contributed by atoms with Gasteiger partial charge in [0.25, 0.3) is 5.91 Å². The molecular formula is C13H18N2O3. The standard InChI is InChI=1S/C13H18N2O3/c1-9(2)6-8-15(3)12(16)11-10(13(17)18)5-4-7-14-11/h4-5,7,9H,6,8H2,1-3H3,(H,17,18). The first-order valence-corrected chi connectivity index (χ1v) is 5.87. The summed E-state index contributed by atoms with van der Waals surface area (Å²) in [7, 11) is 1.66. The van der Waals surface area contributed by atoms with Crippen LogP contribution in [0.5, 0.6) is 0 Å². The summed E-state index contributed by atoms with van der Waals surface area (Å²) < 4.78 is 0. The second-order valence-corrected chi connectivity index (χ2v) is 4.61. The van der Waals surface area contributed by atoms with Gasteiger partial charge in [0.2, 0.25) is 0 Å². The number of carbonyl (C=O) groups excluding carboxylic acids is 1. The first-order valence-electron chi connectivity index (χ1n) is 5.87. The SMILES string of the molecule is CC(C)CCN(C)C(=O)c1ncccc1C(=O)O. The van der Waals surface area contributed by atoms with Gasteiger partial charge in [-0.3, -0.25) is 9.78 Å². The molecule has 0 atom stereocenters. The van der Waals surface area contributed by atoms with Crippen LogP contribution in [0.2, 0.25) is 0 Å². The van der Waals surface area contributed by atoms with E-state index in [2.05, 4.69) is 18.8 Å². The maximum Gasteiger partial charge on any atom is 0.338 e. The topological polar surface area (TPSA) is 70.5 Å². The largest absolute Gasteiger partial charge is 0.478 e. The van der Waals surface area contributed by atoms with E-state index in [4.69, 9.17) is 5.11 Å². The third kappa shape index (κ3) is 3.55. The van der Waals surface area contributed by atoms with Crippen LogP contribution >= 0.6 is 0 Å². The second-order valence-electron chi connectivity index (χ2n) is 4.61. The Morgan fingerprint density at radius 2 is 2.11 bits per heavy atom. The molecule has 5 heteroatoms. The van der Waals surface area contributed by atoms with E-state index in [1.807, 2.05) is 0 Å². The molecule has 0 saturated heterocycles. The predicted molar refractivity (Wildman–Crippen MR) is 67.6 cm³/mol. The van der Waals surface area contributed by atoms with Crippen LogP contribution in [0.3, 0.4) is 0 Å². The Morgan fingerprint density at radius 1 is 1.44 bits per heavy atom. The molecule has 1 heterocycles. The minimum atomic E-state index is -1.14. The molecule has 1 rings (SSSR count). The number of rotatable bonds is 5. The molecule has 0 aliphatic rings. The Hall–Kier alpha value is -1.91. The lowest BCUT2D eigenvalue weighted by Gasteiger charge is -2.18. The molecule has 0 aliphatic heterocycles. The minimum Gasteiger partial charge on any atom is -0.478 e. The summed E-state index contributed by atoms with van der Waals surface area (Å²) in [6.07, 6.45) is 2.30. The molecule has 5 nitrogen and oxygen atoms in total. The molecule has 18 heavy (non-hydrogen) atoms. The van der Waals surface area contributed by atoms with E-state index in [-0.39, 0.29) is 17.2 Å². The van der Waals surface area contributed by atoms with Gasteiger partial charge in [0.05, 0.1) is 5.56 Å². The van der Waals surface area contributed by atoms with Crippen molar-refractivity contribution in [1.29, 1.82) is 0 Å². The van der Waals surface area contributed by atoms with Gasteiger partial charge in [-0.05, 0) is 24.5 Å². The van der Waals surface area contributed by atoms with Crippen molar-refractivity contribution in [2.75, 3.05) is 13.6 Å². The minimum absolute atomic E-state index is 0.00347. The summed E-state index contributed by atoms with van der Waals surface area (Å²) in [6.45, 7) is 4.73. The predicted octanol–water partition coefficient (Wildman–Crippen LogP) is 1.90. The zero-order chi connectivity index (χ0) is 13.7. The number of aromatic carboxylic acids is 1. The van der Waals surface area contributed by atoms with Crippen molar-refractivity contribution >= 4 is 11.9 Å². The molecule has 1 amide bonds. The third-order valence-corrected chi connectivity index (χ3v) is 2.63. The normalized spacial score (nSPS) is 10.4. The quantitative estimate of drug-likeness (QED) is 0.866. The monoisotopic (exact) mass is 250 g/mol. The van der Waals surface area contributed by atoms with Crippen LogP contribution in [0.25, 0.3) is 0 Å². The highest BCUT2D eigenvalue weighted by atomic mass is 16.4. The summed E-state index contributed by atoms with van der Waals surface area (Å²) in [6, 6.07) is 2.90. The summed E-state index contributed by atoms with van der Waals surface area (Å²) in [5.41, 5.74) is -0.0600. The van der Waals surface area contributed by atoms with Crippen molar-refractivity contribution in [1.82, 2.24) is 9.88 Å². The van der Waals surface area contributed by atoms with Gasteiger partial charge in [-0.15, -0.1) is 0 Å². The number of hydrogen-bond donors (Lipinski definition) is 1. The number of carboxylic acids is 1. The molecule has 0 bridgehead atoms. The number of carboxylic acid groups (broad SMARTS) is 1. The van der Waals surface area contributed by atoms with Crippen LogP contribution in [0, 0.1) is 5.92 Å². The zero-order valence-electron chi connectivity index (χ0n) is 10.9. The lowest BCUT2D eigenvalue weighted by Crippen LogP contribution is -2.30. The van der Waals surface area contributed by atoms with Gasteiger partial charge in [-0.1, -0.05) is 13.8 Å². The highest BCUT2D eigenvalue weighted by Gasteiger charge is 2.20. The summed E-state index contributed by atoms with van der Waals surface area (Å²) in [5, 5.41) is 9.00. The molecule has 0 spiro atoms. The smallest absolute Gasteiger partial charge is 0.338 e. The summed E-state index contributed by atoms with van der Waals surface area (Å²) in [5.74, 6) is -1.000. The average Bonchev–Trinajstić information content (AvgIpc) is 2.34. The Balaban J connectivity index is 2.86. The lowest BCUT2D eigenvalue weighted by atomic mass is 10.1. The number of pyridine rings is 1. The maximum atomic E-state index is 12.1. The van der Waals surface area contributed by atoms with Crippen LogP contribution in [0.15, 0.2) is 18.3 Å². The van der Waals surface area contributed by atoms with Crippen LogP contribution in [-0.2, 0) is 0 Å². The van der Waals surface area contributed by atoms with Gasteiger partial charge >= 0.3 is 5.97 Å². The Morgan fingerprint density at radius 3 is 2.67 bits per heavy atom. The Bertz CT molecular complexity index is 444. The number of aromatic nitrogens is 1. The van der Waals surface area contributed by atoms with Crippen molar-refractivity contribution in [2.24, 2.45) is 5.92 Å². The highest BCUT2D eigenvalue weighted by molar-refractivity contribution is 6.03. The maximum absolute atomic E-state index is 12.1. The van der Waals surface area contributed by atoms with E-state index in [1.165, 1.54) is 23.2 Å². The average molecular weight is 250 g/mol. The zero-order valence-corrected chi connectivity index (χ0v) is 10.9. The first-order chi connectivity index (χ1) is 8.43. The van der Waals surface area contributed by atoms with E-state index in [0.717, 1.165) is 6.42 Å². The number of amides is 1. The fraction of sp³-hybridized carbons (Fsp3) is 0.462. The van der Waals surface area contributed by atoms with Crippen LogP contribution in [-0.4, -0.2) is 40.5 Å². The first kappa shape index (κ1) is 14.2. The highest BCUT2D eigenvalue weighted by Crippen LogP contribution is 2.09. The molecule has 0 unspecified atom stereocenters. The van der Waals surface area contributed by atoms with Gasteiger partial charge < -0.3 is 10.0 Å². The summed E-state index contributed by atoms with van der Waals surface area (Å²) in [4.78, 5) is 28.5. The van der Waals surface area contributed by atoms with E-state index >= 15 is 0 Å². The number of carbonyl (C=O) groups is 2. The van der Waals surface area contributed by atoms with E-state index < -0.39 is 5.97 Å². The van der Waals surface area contributed by atoms with E-state index in [9.17, 15) is 9.59 Å². The van der Waals surface area contributed by atoms with Gasteiger partial charge in [0, 0.05) is 19.8 Å². The molecular weight excluding hydrogens is 232 g/mol. The van der Waals surface area contributed by atoms with E-state index in [0.29, 0.717) is 12.5 Å². The molecule has 0 saturated carbocycles. The van der Waals surface area contributed by atoms with Crippen molar-refractivity contribution < 1.29 is 14.7 Å². The fourth-order valence-corrected chi connectivity index (χ4v) is 1.48. The van der Waals surface area contributed by atoms with Crippen LogP contribution in [0.1, 0.15) is 41.1 Å². The molecule has 1 aromatic heterocycles. The van der Waals surface area contributed by atoms with Gasteiger partial charge in [-0.25, -0.2) is 4.79 Å². The number of nitrogens with zero attached hydrogens (tertiary/aromatic N) is 2. The van der Waals surface area contributed by atoms with E-state index in [1.54, 1.807) is 7.05 Å². The van der Waals surface area contributed by atoms with Crippen LogP contribution in [0.4, 0.5) is 0 Å². The molecule has 0 radical (unpaired) electrons. The van der Waals surface area contributed by atoms with Gasteiger partial charge in [0.1, 0.15) is 5.69 Å². The van der Waals surface area contributed by atoms with Crippen molar-refractivity contribution in [3.63, 3.8) is 0 Å². The van der Waals surface area contributed by atoms with Gasteiger partial charge in [-0.2, -0.15) is 0 Å². The van der Waals surface area contributed by atoms with Crippen molar-refractivity contribution in [3.8, 4) is 0 Å². The lowest BCUT2D eigenvalue weighted by molar-refractivity contribution is 0.0678. The summed E-state index contributed by atoms with van der Waals surface area (Å²) >= 11 is 0. The van der Waals surface area contributed by atoms with Crippen LogP contribution < -0.4 is 0 Å². The molecule has 0 fully saturated rings. The third-order valence-electron chi connectivity index (χ3n) is 2.63. The Kier molecular flexibility index (Phi) is 4.83. The fourth-order valence-electron chi connectivity index (χ4n) is 1.48. The molecule has 1 N–H and O–H groups in total. The molecule has 0 aromatic carbocycles. The van der Waals surface area contributed by atoms with Crippen molar-refractivity contribution in [3.05, 3.63) is 29.6 Å².